The molecule has 2 heteroatoms. The summed E-state index contributed by atoms with van der Waals surface area (Å²) in [6, 6.07) is 0. The molecule has 0 atom stereocenters. The molecular weight excluding hydrogens is 148 g/mol. The third-order valence-corrected chi connectivity index (χ3v) is 1.32. The fourth-order valence-electron chi connectivity index (χ4n) is 0.857. The predicted octanol–water partition coefficient (Wildman–Crippen LogP) is 2.28. The zero-order valence-corrected chi connectivity index (χ0v) is 6.77. The molecule has 1 aliphatic rings. The fourth-order valence-corrected chi connectivity index (χ4v) is 0.857. The maximum absolute atomic E-state index is 4.12. The van der Waals surface area contributed by atoms with Crippen molar-refractivity contribution in [1.29, 1.82) is 0 Å². The van der Waals surface area contributed by atoms with E-state index >= 15 is 0 Å². The largest absolute Gasteiger partial charge is 0.255 e. The van der Waals surface area contributed by atoms with Crippen LogP contribution in [0, 0.1) is 0 Å². The topological polar surface area (TPSA) is 24.7 Å². The molecule has 0 radical (unpaired) electrons. The molecule has 1 rings (SSSR count). The van der Waals surface area contributed by atoms with Gasteiger partial charge in [-0.1, -0.05) is 19.2 Å². The van der Waals surface area contributed by atoms with Crippen molar-refractivity contribution >= 4 is 11.9 Å². The Morgan fingerprint density at radius 2 is 2.25 bits per heavy atom. The fraction of sp³-hybridized carbons (Fsp3) is 0. The van der Waals surface area contributed by atoms with E-state index in [-0.39, 0.29) is 0 Å². The Morgan fingerprint density at radius 1 is 1.42 bits per heavy atom. The number of rotatable bonds is 2. The van der Waals surface area contributed by atoms with Crippen molar-refractivity contribution in [1.82, 2.24) is 0 Å². The summed E-state index contributed by atoms with van der Waals surface area (Å²) in [6.07, 6.45) is 10.4. The molecule has 1 heterocycles. The molecule has 0 aliphatic carbocycles. The van der Waals surface area contributed by atoms with Crippen LogP contribution in [0.2, 0.25) is 0 Å². The molecule has 60 valence electrons. The summed E-state index contributed by atoms with van der Waals surface area (Å²) in [5.74, 6) is 0. The lowest BCUT2D eigenvalue weighted by Gasteiger charge is -2.02. The first-order chi connectivity index (χ1) is 5.88. The van der Waals surface area contributed by atoms with Gasteiger partial charge in [0.1, 0.15) is 0 Å². The van der Waals surface area contributed by atoms with Crippen molar-refractivity contribution in [3.63, 3.8) is 0 Å². The molecule has 0 N–H and O–H groups in total. The van der Waals surface area contributed by atoms with E-state index in [1.165, 1.54) is 6.20 Å². The van der Waals surface area contributed by atoms with E-state index in [2.05, 4.69) is 23.1 Å². The van der Waals surface area contributed by atoms with Gasteiger partial charge in [-0.05, 0) is 18.2 Å². The van der Waals surface area contributed by atoms with Crippen molar-refractivity contribution in [2.45, 2.75) is 0 Å². The van der Waals surface area contributed by atoms with Gasteiger partial charge in [0.2, 0.25) is 0 Å². The minimum absolute atomic E-state index is 0.812. The van der Waals surface area contributed by atoms with Gasteiger partial charge in [-0.25, -0.2) is 0 Å². The summed E-state index contributed by atoms with van der Waals surface area (Å²) in [6.45, 7) is 7.12. The van der Waals surface area contributed by atoms with Crippen LogP contribution in [0.1, 0.15) is 0 Å². The van der Waals surface area contributed by atoms with Crippen molar-refractivity contribution in [3.8, 4) is 0 Å². The van der Waals surface area contributed by atoms with Gasteiger partial charge in [-0.2, -0.15) is 0 Å². The van der Waals surface area contributed by atoms with Gasteiger partial charge in [-0.15, -0.1) is 0 Å². The zero-order chi connectivity index (χ0) is 8.81. The minimum Gasteiger partial charge on any atom is -0.255 e. The highest BCUT2D eigenvalue weighted by atomic mass is 14.8. The molecule has 0 amide bonds. The Balaban J connectivity index is 3.00. The summed E-state index contributed by atoms with van der Waals surface area (Å²) in [5.41, 5.74) is 1.62. The smallest absolute Gasteiger partial charge is 0.0886 e. The number of hydrogen-bond acceptors (Lipinski definition) is 2. The maximum atomic E-state index is 4.12. The SMILES string of the molecule is C=C/C=C1/N=CC=C/C1=N/C=C. The van der Waals surface area contributed by atoms with E-state index in [0.717, 1.165) is 11.4 Å². The van der Waals surface area contributed by atoms with Crippen LogP contribution in [0.25, 0.3) is 0 Å². The van der Waals surface area contributed by atoms with Crippen LogP contribution in [0.4, 0.5) is 0 Å². The van der Waals surface area contributed by atoms with Crippen LogP contribution >= 0.6 is 0 Å². The molecule has 1 aliphatic heterocycles. The van der Waals surface area contributed by atoms with Crippen LogP contribution in [0.15, 0.2) is 59.3 Å². The van der Waals surface area contributed by atoms with Crippen LogP contribution < -0.4 is 0 Å². The average molecular weight is 158 g/mol. The Bertz CT molecular complexity index is 272. The molecule has 0 saturated heterocycles. The van der Waals surface area contributed by atoms with Gasteiger partial charge in [0.15, 0.2) is 0 Å². The van der Waals surface area contributed by atoms with E-state index < -0.39 is 0 Å². The van der Waals surface area contributed by atoms with E-state index in [9.17, 15) is 0 Å². The van der Waals surface area contributed by atoms with Crippen LogP contribution in [0.3, 0.4) is 0 Å². The number of hydrogen-bond donors (Lipinski definition) is 0. The molecule has 0 spiro atoms. The Labute approximate surface area is 72.1 Å². The number of nitrogens with zero attached hydrogens (tertiary/aromatic N) is 2. The summed E-state index contributed by atoms with van der Waals surface area (Å²) < 4.78 is 0. The van der Waals surface area contributed by atoms with Gasteiger partial charge >= 0.3 is 0 Å². The molecule has 0 aromatic rings. The van der Waals surface area contributed by atoms with Crippen molar-refractivity contribution in [2.75, 3.05) is 0 Å². The van der Waals surface area contributed by atoms with Crippen LogP contribution in [-0.2, 0) is 0 Å². The molecule has 12 heavy (non-hydrogen) atoms. The molecular formula is C10H10N2. The second-order valence-electron chi connectivity index (χ2n) is 2.12. The van der Waals surface area contributed by atoms with Gasteiger partial charge < -0.3 is 0 Å². The number of allylic oxidation sites excluding steroid dienone is 4. The van der Waals surface area contributed by atoms with Crippen LogP contribution in [0.5, 0.6) is 0 Å². The first-order valence-corrected chi connectivity index (χ1v) is 3.61. The Kier molecular flexibility index (Phi) is 2.96. The molecule has 2 nitrogen and oxygen atoms in total. The number of dihydropyridines is 1. The highest BCUT2D eigenvalue weighted by Gasteiger charge is 2.01. The lowest BCUT2D eigenvalue weighted by Crippen LogP contribution is -2.00. The predicted molar refractivity (Wildman–Crippen MR) is 53.5 cm³/mol. The monoisotopic (exact) mass is 158 g/mol. The van der Waals surface area contributed by atoms with E-state index in [1.54, 1.807) is 12.3 Å². The average Bonchev–Trinajstić information content (AvgIpc) is 2.09. The summed E-state index contributed by atoms with van der Waals surface area (Å²) in [4.78, 5) is 8.17. The maximum Gasteiger partial charge on any atom is 0.0886 e. The van der Waals surface area contributed by atoms with E-state index in [1.807, 2.05) is 18.2 Å². The van der Waals surface area contributed by atoms with Crippen molar-refractivity contribution < 1.29 is 0 Å². The third-order valence-electron chi connectivity index (χ3n) is 1.32. The Hall–Kier alpha value is -1.70. The molecule has 0 bridgehead atoms. The van der Waals surface area contributed by atoms with Gasteiger partial charge in [0.25, 0.3) is 0 Å². The normalized spacial score (nSPS) is 21.7. The van der Waals surface area contributed by atoms with Crippen LogP contribution in [-0.4, -0.2) is 11.9 Å². The van der Waals surface area contributed by atoms with Gasteiger partial charge in [0.05, 0.1) is 11.4 Å². The molecule has 0 unspecified atom stereocenters. The second kappa shape index (κ2) is 4.23. The summed E-state index contributed by atoms with van der Waals surface area (Å²) >= 11 is 0. The first kappa shape index (κ1) is 8.40. The van der Waals surface area contributed by atoms with Crippen molar-refractivity contribution in [3.05, 3.63) is 49.4 Å². The van der Waals surface area contributed by atoms with Crippen molar-refractivity contribution in [2.24, 2.45) is 9.98 Å². The zero-order valence-electron chi connectivity index (χ0n) is 6.77. The molecule has 0 aromatic carbocycles. The van der Waals surface area contributed by atoms with Gasteiger partial charge in [0, 0.05) is 12.4 Å². The van der Waals surface area contributed by atoms with Gasteiger partial charge in [-0.3, -0.25) is 9.98 Å². The lowest BCUT2D eigenvalue weighted by molar-refractivity contribution is 1.43. The highest BCUT2D eigenvalue weighted by molar-refractivity contribution is 6.13. The Morgan fingerprint density at radius 3 is 2.92 bits per heavy atom. The first-order valence-electron chi connectivity index (χ1n) is 3.61. The summed E-state index contributed by atoms with van der Waals surface area (Å²) in [7, 11) is 0. The lowest BCUT2D eigenvalue weighted by atomic mass is 10.2. The molecule has 0 fully saturated rings. The second-order valence-corrected chi connectivity index (χ2v) is 2.12. The molecule has 0 saturated carbocycles. The summed E-state index contributed by atoms with van der Waals surface area (Å²) in [5, 5.41) is 0. The minimum atomic E-state index is 0.812. The standard InChI is InChI=1S/C10H10N2/c1-3-6-9-10(11-4-2)7-5-8-12-9/h3-8H,1-2H2/b9-6+,11-10-. The third kappa shape index (κ3) is 1.89. The quantitative estimate of drug-likeness (QED) is 0.589. The molecule has 0 aromatic heterocycles. The number of aliphatic imine (C=N–C) groups is 2. The highest BCUT2D eigenvalue weighted by Crippen LogP contribution is 2.06. The van der Waals surface area contributed by atoms with E-state index in [0.29, 0.717) is 0 Å². The van der Waals surface area contributed by atoms with E-state index in [4.69, 9.17) is 0 Å².